The van der Waals surface area contributed by atoms with E-state index in [4.69, 9.17) is 5.11 Å². The lowest BCUT2D eigenvalue weighted by molar-refractivity contribution is -0.139. The zero-order chi connectivity index (χ0) is 15.4. The van der Waals surface area contributed by atoms with Gasteiger partial charge in [-0.25, -0.2) is 0 Å². The van der Waals surface area contributed by atoms with Crippen LogP contribution in [0.15, 0.2) is 24.3 Å². The van der Waals surface area contributed by atoms with Crippen LogP contribution in [0, 0.1) is 12.8 Å². The van der Waals surface area contributed by atoms with Crippen LogP contribution in [0.25, 0.3) is 0 Å². The Hall–Kier alpha value is -1.88. The van der Waals surface area contributed by atoms with E-state index >= 15 is 0 Å². The maximum atomic E-state index is 12.0. The molecule has 5 heteroatoms. The molecule has 1 aliphatic heterocycles. The standard InChI is InChI=1S/C16H22N2O3/c1-11-5-3-4-6-14(11)12(2)17-15(19)10-18-8-13(9-18)7-16(20)21/h3-6,12-13H,7-10H2,1-2H3,(H,17,19)(H,20,21). The number of aliphatic carboxylic acids is 1. The number of likely N-dealkylation sites (tertiary alicyclic amines) is 1. The third-order valence-corrected chi connectivity index (χ3v) is 3.90. The van der Waals surface area contributed by atoms with E-state index < -0.39 is 5.97 Å². The van der Waals surface area contributed by atoms with Crippen LogP contribution in [0.4, 0.5) is 0 Å². The molecule has 0 saturated carbocycles. The number of carbonyl (C=O) groups is 2. The van der Waals surface area contributed by atoms with E-state index in [1.165, 1.54) is 0 Å². The highest BCUT2D eigenvalue weighted by Gasteiger charge is 2.29. The Morgan fingerprint density at radius 1 is 1.38 bits per heavy atom. The van der Waals surface area contributed by atoms with Crippen LogP contribution in [0.5, 0.6) is 0 Å². The average molecular weight is 290 g/mol. The van der Waals surface area contributed by atoms with Gasteiger partial charge in [0.1, 0.15) is 0 Å². The van der Waals surface area contributed by atoms with Gasteiger partial charge in [-0.2, -0.15) is 0 Å². The Morgan fingerprint density at radius 3 is 2.67 bits per heavy atom. The molecule has 1 atom stereocenters. The number of aryl methyl sites for hydroxylation is 1. The van der Waals surface area contributed by atoms with Gasteiger partial charge >= 0.3 is 5.97 Å². The number of carboxylic acid groups (broad SMARTS) is 1. The van der Waals surface area contributed by atoms with Gasteiger partial charge in [-0.05, 0) is 30.9 Å². The Labute approximate surface area is 125 Å². The highest BCUT2D eigenvalue weighted by molar-refractivity contribution is 5.78. The van der Waals surface area contributed by atoms with Crippen molar-refractivity contribution in [3.8, 4) is 0 Å². The monoisotopic (exact) mass is 290 g/mol. The number of benzene rings is 1. The molecule has 0 aromatic heterocycles. The number of amides is 1. The van der Waals surface area contributed by atoms with Crippen LogP contribution in [0.3, 0.4) is 0 Å². The Balaban J connectivity index is 1.76. The van der Waals surface area contributed by atoms with Crippen molar-refractivity contribution < 1.29 is 14.7 Å². The number of hydrogen-bond acceptors (Lipinski definition) is 3. The third kappa shape index (κ3) is 4.29. The molecule has 1 heterocycles. The van der Waals surface area contributed by atoms with E-state index in [2.05, 4.69) is 5.32 Å². The number of carbonyl (C=O) groups excluding carboxylic acids is 1. The minimum absolute atomic E-state index is 0.0143. The smallest absolute Gasteiger partial charge is 0.303 e. The summed E-state index contributed by atoms with van der Waals surface area (Å²) in [6.45, 7) is 5.73. The number of hydrogen-bond donors (Lipinski definition) is 2. The molecule has 0 spiro atoms. The van der Waals surface area contributed by atoms with Crippen molar-refractivity contribution in [2.45, 2.75) is 26.3 Å². The van der Waals surface area contributed by atoms with Gasteiger partial charge < -0.3 is 10.4 Å². The molecule has 1 aromatic carbocycles. The third-order valence-electron chi connectivity index (χ3n) is 3.90. The number of carboxylic acids is 1. The fraction of sp³-hybridized carbons (Fsp3) is 0.500. The predicted molar refractivity (Wildman–Crippen MR) is 79.9 cm³/mol. The Morgan fingerprint density at radius 2 is 2.05 bits per heavy atom. The summed E-state index contributed by atoms with van der Waals surface area (Å²) in [5.74, 6) is -0.596. The van der Waals surface area contributed by atoms with Gasteiger partial charge in [0, 0.05) is 13.1 Å². The summed E-state index contributed by atoms with van der Waals surface area (Å²) < 4.78 is 0. The molecular formula is C16H22N2O3. The summed E-state index contributed by atoms with van der Waals surface area (Å²) in [7, 11) is 0. The summed E-state index contributed by atoms with van der Waals surface area (Å²) in [6, 6.07) is 7.98. The molecule has 1 aromatic rings. The SMILES string of the molecule is Cc1ccccc1C(C)NC(=O)CN1CC(CC(=O)O)C1. The molecule has 2 N–H and O–H groups in total. The zero-order valence-electron chi connectivity index (χ0n) is 12.5. The van der Waals surface area contributed by atoms with Crippen LogP contribution in [-0.4, -0.2) is 41.5 Å². The molecule has 0 aliphatic carbocycles. The van der Waals surface area contributed by atoms with Crippen LogP contribution in [0.1, 0.15) is 30.5 Å². The number of nitrogens with one attached hydrogen (secondary N) is 1. The maximum Gasteiger partial charge on any atom is 0.303 e. The number of rotatable bonds is 6. The maximum absolute atomic E-state index is 12.0. The van der Waals surface area contributed by atoms with E-state index in [9.17, 15) is 9.59 Å². The van der Waals surface area contributed by atoms with Crippen LogP contribution in [0.2, 0.25) is 0 Å². The average Bonchev–Trinajstić information content (AvgIpc) is 2.36. The highest BCUT2D eigenvalue weighted by atomic mass is 16.4. The lowest BCUT2D eigenvalue weighted by Crippen LogP contribution is -2.51. The number of nitrogens with zero attached hydrogens (tertiary/aromatic N) is 1. The van der Waals surface area contributed by atoms with Gasteiger partial charge in [-0.3, -0.25) is 14.5 Å². The van der Waals surface area contributed by atoms with Gasteiger partial charge in [-0.1, -0.05) is 24.3 Å². The first kappa shape index (κ1) is 15.5. The topological polar surface area (TPSA) is 69.6 Å². The molecule has 21 heavy (non-hydrogen) atoms. The predicted octanol–water partition coefficient (Wildman–Crippen LogP) is 1.58. The second-order valence-electron chi connectivity index (χ2n) is 5.80. The lowest BCUT2D eigenvalue weighted by atomic mass is 9.96. The molecule has 1 saturated heterocycles. The molecule has 114 valence electrons. The first-order valence-electron chi connectivity index (χ1n) is 7.24. The summed E-state index contributed by atoms with van der Waals surface area (Å²) in [6.07, 6.45) is 0.192. The second-order valence-corrected chi connectivity index (χ2v) is 5.80. The second kappa shape index (κ2) is 6.72. The van der Waals surface area contributed by atoms with Crippen molar-refractivity contribution in [1.82, 2.24) is 10.2 Å². The van der Waals surface area contributed by atoms with E-state index in [1.807, 2.05) is 43.0 Å². The Kier molecular flexibility index (Phi) is 4.96. The quantitative estimate of drug-likeness (QED) is 0.834. The molecule has 5 nitrogen and oxygen atoms in total. The molecule has 1 unspecified atom stereocenters. The first-order chi connectivity index (χ1) is 9.95. The molecule has 1 aliphatic rings. The van der Waals surface area contributed by atoms with E-state index in [0.29, 0.717) is 19.6 Å². The lowest BCUT2D eigenvalue weighted by Gasteiger charge is -2.38. The molecule has 1 amide bonds. The summed E-state index contributed by atoms with van der Waals surface area (Å²) >= 11 is 0. The van der Waals surface area contributed by atoms with Crippen molar-refractivity contribution in [3.05, 3.63) is 35.4 Å². The largest absolute Gasteiger partial charge is 0.481 e. The molecule has 1 fully saturated rings. The minimum atomic E-state index is -0.766. The Bertz CT molecular complexity index is 524. The molecular weight excluding hydrogens is 268 g/mol. The van der Waals surface area contributed by atoms with Gasteiger partial charge in [-0.15, -0.1) is 0 Å². The van der Waals surface area contributed by atoms with Crippen molar-refractivity contribution in [3.63, 3.8) is 0 Å². The van der Waals surface area contributed by atoms with Crippen LogP contribution >= 0.6 is 0 Å². The van der Waals surface area contributed by atoms with Crippen molar-refractivity contribution >= 4 is 11.9 Å². The highest BCUT2D eigenvalue weighted by Crippen LogP contribution is 2.19. The summed E-state index contributed by atoms with van der Waals surface area (Å²) in [4.78, 5) is 24.5. The van der Waals surface area contributed by atoms with Gasteiger partial charge in [0.25, 0.3) is 0 Å². The van der Waals surface area contributed by atoms with E-state index in [-0.39, 0.29) is 24.3 Å². The minimum Gasteiger partial charge on any atom is -0.481 e. The van der Waals surface area contributed by atoms with Crippen molar-refractivity contribution in [1.29, 1.82) is 0 Å². The first-order valence-corrected chi connectivity index (χ1v) is 7.24. The van der Waals surface area contributed by atoms with Gasteiger partial charge in [0.05, 0.1) is 19.0 Å². The molecule has 0 bridgehead atoms. The molecule has 2 rings (SSSR count). The fourth-order valence-corrected chi connectivity index (χ4v) is 2.82. The van der Waals surface area contributed by atoms with E-state index in [1.54, 1.807) is 0 Å². The normalized spacial score (nSPS) is 17.0. The summed E-state index contributed by atoms with van der Waals surface area (Å²) in [5.41, 5.74) is 2.29. The van der Waals surface area contributed by atoms with Crippen LogP contribution < -0.4 is 5.32 Å². The van der Waals surface area contributed by atoms with Gasteiger partial charge in [0.15, 0.2) is 0 Å². The van der Waals surface area contributed by atoms with Gasteiger partial charge in [0.2, 0.25) is 5.91 Å². The molecule has 0 radical (unpaired) electrons. The van der Waals surface area contributed by atoms with Crippen molar-refractivity contribution in [2.24, 2.45) is 5.92 Å². The zero-order valence-corrected chi connectivity index (χ0v) is 12.5. The van der Waals surface area contributed by atoms with Crippen LogP contribution in [-0.2, 0) is 9.59 Å². The fourth-order valence-electron chi connectivity index (χ4n) is 2.82. The summed E-state index contributed by atoms with van der Waals surface area (Å²) in [5, 5.41) is 11.7. The van der Waals surface area contributed by atoms with Crippen molar-refractivity contribution in [2.75, 3.05) is 19.6 Å². The van der Waals surface area contributed by atoms with E-state index in [0.717, 1.165) is 11.1 Å².